The van der Waals surface area contributed by atoms with Crippen LogP contribution in [-0.4, -0.2) is 36.2 Å². The highest BCUT2D eigenvalue weighted by atomic mass is 19.4. The predicted octanol–water partition coefficient (Wildman–Crippen LogP) is 0.980. The zero-order valence-electron chi connectivity index (χ0n) is 12.1. The van der Waals surface area contributed by atoms with E-state index in [2.05, 4.69) is 5.32 Å². The Bertz CT molecular complexity index is 542. The molecule has 0 fully saturated rings. The van der Waals surface area contributed by atoms with Gasteiger partial charge < -0.3 is 20.2 Å². The van der Waals surface area contributed by atoms with Gasteiger partial charge in [0, 0.05) is 6.54 Å². The average Bonchev–Trinajstić information content (AvgIpc) is 2.82. The lowest BCUT2D eigenvalue weighted by molar-refractivity contribution is -0.273. The van der Waals surface area contributed by atoms with Crippen LogP contribution in [0.25, 0.3) is 0 Å². The molecule has 1 aromatic heterocycles. The molecule has 124 valence electrons. The molecule has 1 atom stereocenters. The number of carbonyl (C=O) groups is 2. The lowest BCUT2D eigenvalue weighted by atomic mass is 9.95. The molecule has 1 rings (SSSR count). The lowest BCUT2D eigenvalue weighted by Gasteiger charge is -2.27. The van der Waals surface area contributed by atoms with E-state index >= 15 is 0 Å². The highest BCUT2D eigenvalue weighted by Gasteiger charge is 2.58. The molecule has 0 radical (unpaired) electrons. The van der Waals surface area contributed by atoms with E-state index in [1.165, 1.54) is 13.0 Å². The van der Waals surface area contributed by atoms with Gasteiger partial charge in [-0.3, -0.25) is 9.59 Å². The van der Waals surface area contributed by atoms with Crippen LogP contribution in [0.3, 0.4) is 0 Å². The third-order valence-corrected chi connectivity index (χ3v) is 2.85. The number of amides is 2. The van der Waals surface area contributed by atoms with Crippen molar-refractivity contribution >= 4 is 11.8 Å². The molecular weight excluding hydrogens is 305 g/mol. The highest BCUT2D eigenvalue weighted by Crippen LogP contribution is 2.42. The summed E-state index contributed by atoms with van der Waals surface area (Å²) in [5.74, 6) is -2.27. The maximum Gasteiger partial charge on any atom is 0.425 e. The van der Waals surface area contributed by atoms with Crippen LogP contribution in [0, 0.1) is 6.92 Å². The second-order valence-electron chi connectivity index (χ2n) is 4.68. The van der Waals surface area contributed by atoms with Crippen LogP contribution in [0.2, 0.25) is 0 Å². The maximum absolute atomic E-state index is 13.1. The van der Waals surface area contributed by atoms with E-state index < -0.39 is 42.3 Å². The first kappa shape index (κ1) is 18.0. The Morgan fingerprint density at radius 3 is 2.32 bits per heavy atom. The van der Waals surface area contributed by atoms with Crippen molar-refractivity contribution in [3.63, 3.8) is 0 Å². The summed E-state index contributed by atoms with van der Waals surface area (Å²) in [5, 5.41) is 14.3. The standard InChI is InChI=1S/C13H17F3N2O4/c1-3-17-11(20)7-18-10(19)6-12(21,13(14,15)16)9-5-4-8(2)22-9/h4-5,21H,3,6-7H2,1-2H3,(H,17,20)(H,18,19). The number of likely N-dealkylation sites (N-methyl/N-ethyl adjacent to an activating group) is 1. The Kier molecular flexibility index (Phi) is 5.59. The summed E-state index contributed by atoms with van der Waals surface area (Å²) in [6, 6.07) is 2.21. The van der Waals surface area contributed by atoms with Gasteiger partial charge in [0.25, 0.3) is 0 Å². The van der Waals surface area contributed by atoms with Crippen molar-refractivity contribution in [2.24, 2.45) is 0 Å². The molecule has 1 heterocycles. The number of alkyl halides is 3. The smallest absolute Gasteiger partial charge is 0.425 e. The molecule has 3 N–H and O–H groups in total. The van der Waals surface area contributed by atoms with Crippen LogP contribution in [-0.2, 0) is 15.2 Å². The summed E-state index contributed by atoms with van der Waals surface area (Å²) in [6.07, 6.45) is -6.41. The minimum Gasteiger partial charge on any atom is -0.463 e. The molecule has 0 spiro atoms. The normalized spacial score (nSPS) is 14.3. The second kappa shape index (κ2) is 6.82. The first-order valence-corrected chi connectivity index (χ1v) is 6.49. The number of carbonyl (C=O) groups excluding carboxylic acids is 2. The number of aryl methyl sites for hydroxylation is 1. The van der Waals surface area contributed by atoms with Gasteiger partial charge in [-0.2, -0.15) is 13.2 Å². The summed E-state index contributed by atoms with van der Waals surface area (Å²) >= 11 is 0. The van der Waals surface area contributed by atoms with Crippen LogP contribution in [0.5, 0.6) is 0 Å². The van der Waals surface area contributed by atoms with E-state index in [-0.39, 0.29) is 5.76 Å². The average molecular weight is 322 g/mol. The third kappa shape index (κ3) is 4.23. The quantitative estimate of drug-likeness (QED) is 0.728. The number of furan rings is 1. The summed E-state index contributed by atoms with van der Waals surface area (Å²) in [4.78, 5) is 22.8. The minimum atomic E-state index is -5.11. The number of nitrogens with one attached hydrogen (secondary N) is 2. The number of halogens is 3. The predicted molar refractivity (Wildman–Crippen MR) is 69.7 cm³/mol. The van der Waals surface area contributed by atoms with E-state index in [4.69, 9.17) is 4.42 Å². The monoisotopic (exact) mass is 322 g/mol. The van der Waals surface area contributed by atoms with Gasteiger partial charge in [-0.25, -0.2) is 0 Å². The largest absolute Gasteiger partial charge is 0.463 e. The molecule has 0 aliphatic rings. The van der Waals surface area contributed by atoms with E-state index in [1.54, 1.807) is 6.92 Å². The fraction of sp³-hybridized carbons (Fsp3) is 0.538. The number of aliphatic hydroxyl groups is 1. The Hall–Kier alpha value is -2.03. The molecule has 9 heteroatoms. The van der Waals surface area contributed by atoms with Gasteiger partial charge in [-0.15, -0.1) is 0 Å². The van der Waals surface area contributed by atoms with Gasteiger partial charge in [0.2, 0.25) is 17.4 Å². The van der Waals surface area contributed by atoms with Crippen LogP contribution in [0.15, 0.2) is 16.5 Å². The van der Waals surface area contributed by atoms with E-state index in [9.17, 15) is 27.9 Å². The van der Waals surface area contributed by atoms with Crippen LogP contribution in [0.4, 0.5) is 13.2 Å². The van der Waals surface area contributed by atoms with Gasteiger partial charge in [0.05, 0.1) is 13.0 Å². The van der Waals surface area contributed by atoms with Gasteiger partial charge in [0.1, 0.15) is 11.5 Å². The van der Waals surface area contributed by atoms with Crippen molar-refractivity contribution in [1.82, 2.24) is 10.6 Å². The van der Waals surface area contributed by atoms with Crippen LogP contribution in [0.1, 0.15) is 24.9 Å². The Morgan fingerprint density at radius 1 is 1.23 bits per heavy atom. The van der Waals surface area contributed by atoms with E-state index in [0.717, 1.165) is 6.07 Å². The fourth-order valence-corrected chi connectivity index (χ4v) is 1.72. The lowest BCUT2D eigenvalue weighted by Crippen LogP contribution is -2.47. The van der Waals surface area contributed by atoms with E-state index in [1.807, 2.05) is 5.32 Å². The summed E-state index contributed by atoms with van der Waals surface area (Å²) in [6.45, 7) is 2.92. The first-order valence-electron chi connectivity index (χ1n) is 6.49. The fourth-order valence-electron chi connectivity index (χ4n) is 1.72. The summed E-state index contributed by atoms with van der Waals surface area (Å²) < 4.78 is 44.1. The van der Waals surface area contributed by atoms with Crippen LogP contribution < -0.4 is 10.6 Å². The number of rotatable bonds is 6. The van der Waals surface area contributed by atoms with Crippen LogP contribution >= 0.6 is 0 Å². The summed E-state index contributed by atoms with van der Waals surface area (Å²) in [5.41, 5.74) is -3.45. The Morgan fingerprint density at radius 2 is 1.86 bits per heavy atom. The van der Waals surface area contributed by atoms with E-state index in [0.29, 0.717) is 6.54 Å². The molecule has 1 unspecified atom stereocenters. The van der Waals surface area contributed by atoms with Gasteiger partial charge in [0.15, 0.2) is 0 Å². The molecule has 2 amide bonds. The molecule has 1 aromatic rings. The van der Waals surface area contributed by atoms with Gasteiger partial charge in [-0.05, 0) is 26.0 Å². The van der Waals surface area contributed by atoms with Crippen molar-refractivity contribution in [2.75, 3.05) is 13.1 Å². The molecule has 6 nitrogen and oxygen atoms in total. The molecule has 0 saturated heterocycles. The molecule has 0 aliphatic carbocycles. The molecule has 0 saturated carbocycles. The van der Waals surface area contributed by atoms with Crippen molar-refractivity contribution in [3.05, 3.63) is 23.7 Å². The number of hydrogen-bond acceptors (Lipinski definition) is 4. The minimum absolute atomic E-state index is 0.167. The molecule has 0 bridgehead atoms. The van der Waals surface area contributed by atoms with Crippen molar-refractivity contribution in [3.8, 4) is 0 Å². The maximum atomic E-state index is 13.1. The van der Waals surface area contributed by atoms with Gasteiger partial charge >= 0.3 is 6.18 Å². The topological polar surface area (TPSA) is 91.6 Å². The first-order chi connectivity index (χ1) is 10.1. The highest BCUT2D eigenvalue weighted by molar-refractivity contribution is 5.85. The van der Waals surface area contributed by atoms with Crippen molar-refractivity contribution in [2.45, 2.75) is 32.0 Å². The Labute approximate surface area is 124 Å². The zero-order valence-corrected chi connectivity index (χ0v) is 12.1. The Balaban J connectivity index is 2.83. The SMILES string of the molecule is CCNC(=O)CNC(=O)CC(O)(c1ccc(C)o1)C(F)(F)F. The zero-order chi connectivity index (χ0) is 17.0. The molecular formula is C13H17F3N2O4. The summed E-state index contributed by atoms with van der Waals surface area (Å²) in [7, 11) is 0. The third-order valence-electron chi connectivity index (χ3n) is 2.85. The van der Waals surface area contributed by atoms with Gasteiger partial charge in [-0.1, -0.05) is 0 Å². The second-order valence-corrected chi connectivity index (χ2v) is 4.68. The van der Waals surface area contributed by atoms with Crippen molar-refractivity contribution < 1.29 is 32.3 Å². The molecule has 0 aliphatic heterocycles. The molecule has 22 heavy (non-hydrogen) atoms. The number of hydrogen-bond donors (Lipinski definition) is 3. The molecule has 0 aromatic carbocycles. The van der Waals surface area contributed by atoms with Crippen molar-refractivity contribution in [1.29, 1.82) is 0 Å².